The van der Waals surface area contributed by atoms with Gasteiger partial charge in [0.2, 0.25) is 5.91 Å². The maximum absolute atomic E-state index is 13.2. The number of carbonyl (C=O) groups is 3. The minimum absolute atomic E-state index is 0.0495. The molecule has 3 rings (SSSR count). The molecule has 1 aliphatic carbocycles. The molecule has 160 valence electrons. The summed E-state index contributed by atoms with van der Waals surface area (Å²) in [6.45, 7) is 3.57. The summed E-state index contributed by atoms with van der Waals surface area (Å²) in [5.74, 6) is -1.22. The number of allylic oxidation sites excluding steroid dienone is 2. The lowest BCUT2D eigenvalue weighted by molar-refractivity contribution is -0.125. The summed E-state index contributed by atoms with van der Waals surface area (Å²) in [6, 6.07) is -0.197. The molecule has 30 heavy (non-hydrogen) atoms. The highest BCUT2D eigenvalue weighted by Crippen LogP contribution is 2.36. The Bertz CT molecular complexity index is 930. The van der Waals surface area contributed by atoms with E-state index in [0.717, 1.165) is 21.9 Å². The van der Waals surface area contributed by atoms with Crippen molar-refractivity contribution in [3.05, 3.63) is 52.9 Å². The Morgan fingerprint density at radius 1 is 1.33 bits per heavy atom. The summed E-state index contributed by atoms with van der Waals surface area (Å²) in [6.07, 6.45) is 9.10. The number of aromatic nitrogens is 1. The number of H-pyrrole nitrogens is 1. The summed E-state index contributed by atoms with van der Waals surface area (Å²) in [7, 11) is 0. The van der Waals surface area contributed by atoms with Crippen LogP contribution in [0.3, 0.4) is 0 Å². The Balaban J connectivity index is 1.86. The topological polar surface area (TPSA) is 141 Å². The number of hydrogen-bond donors (Lipinski definition) is 5. The first kappa shape index (κ1) is 21.5. The van der Waals surface area contributed by atoms with Crippen LogP contribution in [0.2, 0.25) is 0 Å². The first-order valence-corrected chi connectivity index (χ1v) is 9.82. The monoisotopic (exact) mass is 413 g/mol. The zero-order valence-corrected chi connectivity index (χ0v) is 17.0. The van der Waals surface area contributed by atoms with Crippen molar-refractivity contribution in [2.45, 2.75) is 25.9 Å². The van der Waals surface area contributed by atoms with E-state index in [1.807, 2.05) is 32.1 Å². The summed E-state index contributed by atoms with van der Waals surface area (Å²) < 4.78 is 0. The van der Waals surface area contributed by atoms with Crippen molar-refractivity contribution in [2.75, 3.05) is 19.7 Å². The number of aryl methyl sites for hydroxylation is 2. The molecule has 1 fully saturated rings. The molecule has 0 saturated carbocycles. The summed E-state index contributed by atoms with van der Waals surface area (Å²) >= 11 is 0. The summed E-state index contributed by atoms with van der Waals surface area (Å²) in [5.41, 5.74) is 8.93. The number of urea groups is 1. The second kappa shape index (κ2) is 9.10. The molecule has 6 N–H and O–H groups in total. The second-order valence-electron chi connectivity index (χ2n) is 7.36. The smallest absolute Gasteiger partial charge is 0.325 e. The zero-order valence-electron chi connectivity index (χ0n) is 17.0. The molecule has 2 aliphatic rings. The molecule has 0 bridgehead atoms. The maximum atomic E-state index is 13.2. The molecular formula is C21H27N5O4. The predicted octanol–water partition coefficient (Wildman–Crippen LogP) is 0.113. The van der Waals surface area contributed by atoms with Gasteiger partial charge >= 0.3 is 6.03 Å². The Kier molecular flexibility index (Phi) is 6.53. The summed E-state index contributed by atoms with van der Waals surface area (Å²) in [5, 5.41) is 13.9. The van der Waals surface area contributed by atoms with Crippen LogP contribution in [0.1, 0.15) is 17.0 Å². The number of aliphatic hydroxyl groups excluding tert-OH is 1. The van der Waals surface area contributed by atoms with E-state index >= 15 is 0 Å². The molecule has 3 atom stereocenters. The minimum Gasteiger partial charge on any atom is -0.395 e. The van der Waals surface area contributed by atoms with Crippen LogP contribution in [0.5, 0.6) is 0 Å². The number of aliphatic hydroxyl groups is 1. The van der Waals surface area contributed by atoms with Crippen molar-refractivity contribution in [1.82, 2.24) is 20.5 Å². The van der Waals surface area contributed by atoms with Crippen LogP contribution < -0.4 is 16.4 Å². The van der Waals surface area contributed by atoms with Crippen molar-refractivity contribution >= 4 is 23.9 Å². The zero-order chi connectivity index (χ0) is 21.8. The number of fused-ring (bicyclic) bond motifs is 1. The first-order chi connectivity index (χ1) is 14.4. The average molecular weight is 413 g/mol. The van der Waals surface area contributed by atoms with Gasteiger partial charge in [-0.3, -0.25) is 14.5 Å². The van der Waals surface area contributed by atoms with Crippen LogP contribution in [0.25, 0.3) is 6.08 Å². The number of hydrogen-bond acceptors (Lipinski definition) is 5. The molecule has 0 aromatic carbocycles. The van der Waals surface area contributed by atoms with Crippen LogP contribution >= 0.6 is 0 Å². The normalized spacial score (nSPS) is 22.3. The van der Waals surface area contributed by atoms with Crippen molar-refractivity contribution in [2.24, 2.45) is 11.7 Å². The van der Waals surface area contributed by atoms with Gasteiger partial charge in [0.1, 0.15) is 6.04 Å². The van der Waals surface area contributed by atoms with Crippen LogP contribution in [-0.2, 0) is 9.59 Å². The lowest BCUT2D eigenvalue weighted by Crippen LogP contribution is -2.56. The molecule has 0 radical (unpaired) electrons. The number of rotatable bonds is 6. The molecule has 1 aromatic rings. The van der Waals surface area contributed by atoms with Crippen LogP contribution in [0.4, 0.5) is 4.79 Å². The van der Waals surface area contributed by atoms with E-state index in [1.165, 1.54) is 0 Å². The Hall–Kier alpha value is -3.17. The Morgan fingerprint density at radius 2 is 2.07 bits per heavy atom. The molecule has 3 unspecified atom stereocenters. The van der Waals surface area contributed by atoms with E-state index in [-0.39, 0.29) is 25.6 Å². The maximum Gasteiger partial charge on any atom is 0.325 e. The standard InChI is InChI=1S/C21H27N5O4/c1-12-9-13(2)24-16(12)10-15-14-5-3-4-6-18(14)26(20(15)29)21(30)25-17(11-22)19(28)23-7-8-27/h3-6,9-10,14,17-18,24,27H,7-8,11,22H2,1-2H3,(H,23,28)(H,25,30)/b15-10-. The van der Waals surface area contributed by atoms with Gasteiger partial charge in [-0.1, -0.05) is 24.3 Å². The van der Waals surface area contributed by atoms with Crippen LogP contribution in [0, 0.1) is 19.8 Å². The molecule has 1 aliphatic heterocycles. The van der Waals surface area contributed by atoms with Crippen molar-refractivity contribution in [3.8, 4) is 0 Å². The Morgan fingerprint density at radius 3 is 2.70 bits per heavy atom. The number of imide groups is 1. The quantitative estimate of drug-likeness (QED) is 0.421. The van der Waals surface area contributed by atoms with E-state index in [9.17, 15) is 14.4 Å². The van der Waals surface area contributed by atoms with E-state index in [0.29, 0.717) is 5.57 Å². The van der Waals surface area contributed by atoms with Crippen molar-refractivity contribution in [1.29, 1.82) is 0 Å². The number of aromatic amines is 1. The van der Waals surface area contributed by atoms with Crippen LogP contribution in [-0.4, -0.2) is 64.6 Å². The third-order valence-electron chi connectivity index (χ3n) is 5.20. The fraction of sp³-hybridized carbons (Fsp3) is 0.381. The molecule has 0 spiro atoms. The summed E-state index contributed by atoms with van der Waals surface area (Å²) in [4.78, 5) is 42.6. The lowest BCUT2D eigenvalue weighted by atomic mass is 9.91. The number of amides is 4. The van der Waals surface area contributed by atoms with Gasteiger partial charge < -0.3 is 26.5 Å². The number of nitrogens with two attached hydrogens (primary N) is 1. The largest absolute Gasteiger partial charge is 0.395 e. The predicted molar refractivity (Wildman–Crippen MR) is 112 cm³/mol. The van der Waals surface area contributed by atoms with E-state index < -0.39 is 29.9 Å². The third-order valence-corrected chi connectivity index (χ3v) is 5.20. The van der Waals surface area contributed by atoms with E-state index in [2.05, 4.69) is 15.6 Å². The number of nitrogens with one attached hydrogen (secondary N) is 3. The highest BCUT2D eigenvalue weighted by molar-refractivity contribution is 6.10. The molecule has 9 heteroatoms. The van der Waals surface area contributed by atoms with Gasteiger partial charge in [0.25, 0.3) is 5.91 Å². The Labute approximate surface area is 174 Å². The van der Waals surface area contributed by atoms with Gasteiger partial charge in [-0.2, -0.15) is 0 Å². The highest BCUT2D eigenvalue weighted by atomic mass is 16.3. The number of likely N-dealkylation sites (tertiary alicyclic amines) is 1. The second-order valence-corrected chi connectivity index (χ2v) is 7.36. The number of nitrogens with zero attached hydrogens (tertiary/aromatic N) is 1. The van der Waals surface area contributed by atoms with E-state index in [1.54, 1.807) is 18.2 Å². The van der Waals surface area contributed by atoms with Gasteiger partial charge in [-0.25, -0.2) is 4.79 Å². The van der Waals surface area contributed by atoms with Gasteiger partial charge in [-0.15, -0.1) is 0 Å². The van der Waals surface area contributed by atoms with Gasteiger partial charge in [-0.05, 0) is 31.6 Å². The molecule has 2 heterocycles. The lowest BCUT2D eigenvalue weighted by Gasteiger charge is -2.26. The fourth-order valence-corrected chi connectivity index (χ4v) is 3.74. The van der Waals surface area contributed by atoms with Crippen molar-refractivity contribution in [3.63, 3.8) is 0 Å². The number of carbonyl (C=O) groups excluding carboxylic acids is 3. The van der Waals surface area contributed by atoms with Crippen LogP contribution in [0.15, 0.2) is 35.9 Å². The minimum atomic E-state index is -1.01. The van der Waals surface area contributed by atoms with E-state index in [4.69, 9.17) is 10.8 Å². The van der Waals surface area contributed by atoms with Gasteiger partial charge in [0, 0.05) is 36.0 Å². The molecular weight excluding hydrogens is 386 g/mol. The molecule has 1 saturated heterocycles. The average Bonchev–Trinajstić information content (AvgIpc) is 3.19. The highest BCUT2D eigenvalue weighted by Gasteiger charge is 2.46. The van der Waals surface area contributed by atoms with Crippen molar-refractivity contribution < 1.29 is 19.5 Å². The molecule has 4 amide bonds. The first-order valence-electron chi connectivity index (χ1n) is 9.82. The SMILES string of the molecule is Cc1cc(C)c(/C=C2\C(=O)N(C(=O)NC(CN)C(=O)NCCO)C3C=CC=CC23)[nH]1. The fourth-order valence-electron chi connectivity index (χ4n) is 3.74. The third kappa shape index (κ3) is 4.22. The van der Waals surface area contributed by atoms with Gasteiger partial charge in [0.05, 0.1) is 12.6 Å². The molecule has 1 aromatic heterocycles. The molecule has 9 nitrogen and oxygen atoms in total. The van der Waals surface area contributed by atoms with Gasteiger partial charge in [0.15, 0.2) is 0 Å².